The summed E-state index contributed by atoms with van der Waals surface area (Å²) in [6, 6.07) is 4.02. The number of rotatable bonds is 2. The van der Waals surface area contributed by atoms with E-state index in [1.165, 1.54) is 0 Å². The van der Waals surface area contributed by atoms with Crippen molar-refractivity contribution in [2.45, 2.75) is 38.6 Å². The topological polar surface area (TPSA) is 59.5 Å². The van der Waals surface area contributed by atoms with E-state index in [2.05, 4.69) is 0 Å². The van der Waals surface area contributed by atoms with E-state index in [9.17, 15) is 4.79 Å². The van der Waals surface area contributed by atoms with E-state index < -0.39 is 0 Å². The largest absolute Gasteiger partial charge is 0.456 e. The van der Waals surface area contributed by atoms with Gasteiger partial charge in [0.1, 0.15) is 5.76 Å². The van der Waals surface area contributed by atoms with Crippen LogP contribution in [0.5, 0.6) is 0 Å². The molecule has 0 radical (unpaired) electrons. The molecule has 1 saturated heterocycles. The third-order valence-corrected chi connectivity index (χ3v) is 4.60. The van der Waals surface area contributed by atoms with E-state index in [1.54, 1.807) is 6.07 Å². The maximum Gasteiger partial charge on any atom is 0.289 e. The molecule has 19 heavy (non-hydrogen) atoms. The molecule has 0 spiro atoms. The van der Waals surface area contributed by atoms with Crippen molar-refractivity contribution in [1.29, 1.82) is 0 Å². The maximum absolute atomic E-state index is 12.4. The van der Waals surface area contributed by atoms with Crippen LogP contribution in [0.3, 0.4) is 0 Å². The smallest absolute Gasteiger partial charge is 0.289 e. The second kappa shape index (κ2) is 5.00. The number of furan rings is 1. The van der Waals surface area contributed by atoms with Crippen molar-refractivity contribution in [3.63, 3.8) is 0 Å². The van der Waals surface area contributed by atoms with Crippen LogP contribution in [0.4, 0.5) is 0 Å². The summed E-state index contributed by atoms with van der Waals surface area (Å²) in [5.41, 5.74) is 6.02. The van der Waals surface area contributed by atoms with Gasteiger partial charge in [-0.2, -0.15) is 0 Å². The van der Waals surface area contributed by atoms with Gasteiger partial charge in [-0.3, -0.25) is 4.79 Å². The second-order valence-corrected chi connectivity index (χ2v) is 5.92. The third kappa shape index (κ3) is 2.41. The molecule has 1 aromatic heterocycles. The van der Waals surface area contributed by atoms with E-state index in [-0.39, 0.29) is 5.91 Å². The minimum atomic E-state index is 0.0441. The number of amides is 1. The highest BCUT2D eigenvalue weighted by molar-refractivity contribution is 5.91. The Morgan fingerprint density at radius 2 is 2.16 bits per heavy atom. The molecule has 2 heterocycles. The number of likely N-dealkylation sites (tertiary alicyclic amines) is 1. The van der Waals surface area contributed by atoms with Crippen LogP contribution in [0, 0.1) is 11.8 Å². The predicted molar refractivity (Wildman–Crippen MR) is 72.8 cm³/mol. The Morgan fingerprint density at radius 3 is 2.89 bits per heavy atom. The van der Waals surface area contributed by atoms with Gasteiger partial charge in [0.25, 0.3) is 5.91 Å². The molecule has 3 rings (SSSR count). The molecule has 4 nitrogen and oxygen atoms in total. The highest BCUT2D eigenvalue weighted by atomic mass is 16.4. The van der Waals surface area contributed by atoms with E-state index in [0.29, 0.717) is 23.6 Å². The number of carbonyl (C=O) groups is 1. The Morgan fingerprint density at radius 1 is 1.37 bits per heavy atom. The lowest BCUT2D eigenvalue weighted by Crippen LogP contribution is -2.32. The van der Waals surface area contributed by atoms with Crippen LogP contribution in [-0.2, 0) is 6.42 Å². The molecule has 104 valence electrons. The number of hydrogen-bond acceptors (Lipinski definition) is 3. The van der Waals surface area contributed by atoms with Gasteiger partial charge < -0.3 is 15.1 Å². The average Bonchev–Trinajstić information content (AvgIpc) is 3.03. The van der Waals surface area contributed by atoms with Gasteiger partial charge in [0.15, 0.2) is 5.76 Å². The number of aryl methyl sites for hydroxylation is 1. The van der Waals surface area contributed by atoms with Gasteiger partial charge in [-0.1, -0.05) is 6.92 Å². The first kappa shape index (κ1) is 12.7. The Hall–Kier alpha value is -1.29. The summed E-state index contributed by atoms with van der Waals surface area (Å²) in [5.74, 6) is 2.64. The zero-order chi connectivity index (χ0) is 13.4. The highest BCUT2D eigenvalue weighted by Gasteiger charge is 2.39. The average molecular weight is 262 g/mol. The zero-order valence-corrected chi connectivity index (χ0v) is 11.5. The molecule has 1 unspecified atom stereocenters. The second-order valence-electron chi connectivity index (χ2n) is 5.92. The molecule has 1 amide bonds. The van der Waals surface area contributed by atoms with E-state index in [0.717, 1.165) is 44.5 Å². The number of hydrogen-bond donors (Lipinski definition) is 1. The molecule has 1 aliphatic heterocycles. The van der Waals surface area contributed by atoms with E-state index in [1.807, 2.05) is 17.9 Å². The zero-order valence-electron chi connectivity index (χ0n) is 11.5. The molecule has 3 atom stereocenters. The minimum absolute atomic E-state index is 0.0441. The summed E-state index contributed by atoms with van der Waals surface area (Å²) < 4.78 is 5.57. The quantitative estimate of drug-likeness (QED) is 0.887. The number of nitrogens with zero attached hydrogens (tertiary/aromatic N) is 1. The van der Waals surface area contributed by atoms with Gasteiger partial charge in [0, 0.05) is 25.6 Å². The van der Waals surface area contributed by atoms with Crippen molar-refractivity contribution in [3.05, 3.63) is 23.7 Å². The minimum Gasteiger partial charge on any atom is -0.456 e. The molecular formula is C15H22N2O2. The normalized spacial score (nSPS) is 30.4. The lowest BCUT2D eigenvalue weighted by atomic mass is 9.79. The van der Waals surface area contributed by atoms with Crippen molar-refractivity contribution in [3.8, 4) is 0 Å². The van der Waals surface area contributed by atoms with Gasteiger partial charge >= 0.3 is 0 Å². The molecule has 1 saturated carbocycles. The highest BCUT2D eigenvalue weighted by Crippen LogP contribution is 2.36. The molecule has 2 N–H and O–H groups in total. The Labute approximate surface area is 113 Å². The molecule has 0 bridgehead atoms. The van der Waals surface area contributed by atoms with Gasteiger partial charge in [0.05, 0.1) is 0 Å². The van der Waals surface area contributed by atoms with Crippen LogP contribution in [0.25, 0.3) is 0 Å². The van der Waals surface area contributed by atoms with Crippen molar-refractivity contribution < 1.29 is 9.21 Å². The molecule has 0 aromatic carbocycles. The van der Waals surface area contributed by atoms with Gasteiger partial charge in [-0.15, -0.1) is 0 Å². The van der Waals surface area contributed by atoms with E-state index in [4.69, 9.17) is 10.2 Å². The Kier molecular flexibility index (Phi) is 3.35. The SMILES string of the molecule is CCc1ccc(C(=O)N2C[C@H]3CCC(N)C[C@H]3C2)o1. The first-order valence-corrected chi connectivity index (χ1v) is 7.31. The fourth-order valence-corrected chi connectivity index (χ4v) is 3.47. The Bertz CT molecular complexity index is 468. The van der Waals surface area contributed by atoms with Crippen molar-refractivity contribution in [2.75, 3.05) is 13.1 Å². The first-order valence-electron chi connectivity index (χ1n) is 7.31. The van der Waals surface area contributed by atoms with Crippen LogP contribution in [-0.4, -0.2) is 29.9 Å². The van der Waals surface area contributed by atoms with Crippen molar-refractivity contribution >= 4 is 5.91 Å². The Balaban J connectivity index is 1.68. The van der Waals surface area contributed by atoms with Gasteiger partial charge in [-0.05, 0) is 43.2 Å². The van der Waals surface area contributed by atoms with Crippen molar-refractivity contribution in [2.24, 2.45) is 17.6 Å². The summed E-state index contributed by atoms with van der Waals surface area (Å²) in [6.45, 7) is 3.75. The molecule has 4 heteroatoms. The predicted octanol–water partition coefficient (Wildman–Crippen LogP) is 2.04. The van der Waals surface area contributed by atoms with Crippen LogP contribution >= 0.6 is 0 Å². The van der Waals surface area contributed by atoms with Crippen molar-refractivity contribution in [1.82, 2.24) is 4.90 Å². The van der Waals surface area contributed by atoms with Crippen LogP contribution in [0.1, 0.15) is 42.5 Å². The lowest BCUT2D eigenvalue weighted by Gasteiger charge is -2.27. The summed E-state index contributed by atoms with van der Waals surface area (Å²) in [5, 5.41) is 0. The maximum atomic E-state index is 12.4. The van der Waals surface area contributed by atoms with Crippen LogP contribution < -0.4 is 5.73 Å². The summed E-state index contributed by atoms with van der Waals surface area (Å²) in [4.78, 5) is 14.4. The fraction of sp³-hybridized carbons (Fsp3) is 0.667. The number of nitrogens with two attached hydrogens (primary N) is 1. The first-order chi connectivity index (χ1) is 9.17. The number of fused-ring (bicyclic) bond motifs is 1. The standard InChI is InChI=1S/C15H22N2O2/c1-2-13-5-6-14(19-13)15(18)17-8-10-3-4-12(16)7-11(10)9-17/h5-6,10-12H,2-4,7-9,16H2,1H3/t10-,11+,12?/m1/s1. The number of carbonyl (C=O) groups excluding carboxylic acids is 1. The third-order valence-electron chi connectivity index (χ3n) is 4.60. The molecular weight excluding hydrogens is 240 g/mol. The lowest BCUT2D eigenvalue weighted by molar-refractivity contribution is 0.0750. The van der Waals surface area contributed by atoms with Crippen LogP contribution in [0.15, 0.2) is 16.5 Å². The van der Waals surface area contributed by atoms with Gasteiger partial charge in [0.2, 0.25) is 0 Å². The summed E-state index contributed by atoms with van der Waals surface area (Å²) in [6.07, 6.45) is 4.15. The van der Waals surface area contributed by atoms with E-state index >= 15 is 0 Å². The van der Waals surface area contributed by atoms with Crippen LogP contribution in [0.2, 0.25) is 0 Å². The summed E-state index contributed by atoms with van der Waals surface area (Å²) >= 11 is 0. The fourth-order valence-electron chi connectivity index (χ4n) is 3.47. The monoisotopic (exact) mass is 262 g/mol. The molecule has 2 aliphatic rings. The molecule has 1 aromatic rings. The van der Waals surface area contributed by atoms with Gasteiger partial charge in [-0.25, -0.2) is 0 Å². The molecule has 1 aliphatic carbocycles. The summed E-state index contributed by atoms with van der Waals surface area (Å²) in [7, 11) is 0. The molecule has 2 fully saturated rings.